The Morgan fingerprint density at radius 2 is 1.94 bits per heavy atom. The van der Waals surface area contributed by atoms with Gasteiger partial charge in [0.05, 0.1) is 34.7 Å². The number of nitrogens with two attached hydrogens (primary N) is 1. The highest BCUT2D eigenvalue weighted by Crippen LogP contribution is 2.32. The summed E-state index contributed by atoms with van der Waals surface area (Å²) < 4.78 is 6.14. The predicted molar refractivity (Wildman–Crippen MR) is 125 cm³/mol. The smallest absolute Gasteiger partial charge is 0.273 e. The van der Waals surface area contributed by atoms with E-state index in [2.05, 4.69) is 20.6 Å². The van der Waals surface area contributed by atoms with Gasteiger partial charge >= 0.3 is 0 Å². The molecule has 9 nitrogen and oxygen atoms in total. The Labute approximate surface area is 194 Å². The normalized spacial score (nSPS) is 12.6. The quantitative estimate of drug-likeness (QED) is 0.527. The number of carbonyl (C=O) groups excluding carboxylic acids is 1. The molecule has 0 bridgehead atoms. The molecule has 0 radical (unpaired) electrons. The fourth-order valence-electron chi connectivity index (χ4n) is 2.99. The number of hydrogen-bond donors (Lipinski definition) is 3. The average molecular weight is 477 g/mol. The molecule has 0 unspecified atom stereocenters. The van der Waals surface area contributed by atoms with Gasteiger partial charge in [-0.1, -0.05) is 23.2 Å². The van der Waals surface area contributed by atoms with Crippen molar-refractivity contribution < 1.29 is 9.53 Å². The maximum absolute atomic E-state index is 12.9. The average Bonchev–Trinajstić information content (AvgIpc) is 3.36. The second-order valence-corrected chi connectivity index (χ2v) is 7.59. The van der Waals surface area contributed by atoms with E-state index in [9.17, 15) is 9.59 Å². The SMILES string of the molecule is C1CCNC1.COc1cc(Cl)c(-n2cnc(N)c(C(=O)Nc3cccnc3)c2=O)c(Cl)c1. The van der Waals surface area contributed by atoms with Crippen molar-refractivity contribution in [2.45, 2.75) is 12.8 Å². The number of anilines is 2. The minimum atomic E-state index is -0.729. The van der Waals surface area contributed by atoms with Gasteiger partial charge in [0.2, 0.25) is 0 Å². The van der Waals surface area contributed by atoms with E-state index in [1.54, 1.807) is 18.3 Å². The lowest BCUT2D eigenvalue weighted by molar-refractivity contribution is 0.102. The zero-order valence-corrected chi connectivity index (χ0v) is 18.8. The summed E-state index contributed by atoms with van der Waals surface area (Å²) in [5.74, 6) is -0.536. The predicted octanol–water partition coefficient (Wildman–Crippen LogP) is 3.15. The van der Waals surface area contributed by atoms with Crippen LogP contribution in [0.2, 0.25) is 10.0 Å². The van der Waals surface area contributed by atoms with Gasteiger partial charge in [-0.05, 0) is 38.1 Å². The van der Waals surface area contributed by atoms with Gasteiger partial charge in [0.25, 0.3) is 11.5 Å². The van der Waals surface area contributed by atoms with Crippen LogP contribution in [0, 0.1) is 0 Å². The van der Waals surface area contributed by atoms with E-state index in [0.717, 1.165) is 10.9 Å². The highest BCUT2D eigenvalue weighted by atomic mass is 35.5. The molecule has 1 fully saturated rings. The lowest BCUT2D eigenvalue weighted by Crippen LogP contribution is -2.31. The number of benzene rings is 1. The van der Waals surface area contributed by atoms with Gasteiger partial charge < -0.3 is 21.1 Å². The highest BCUT2D eigenvalue weighted by molar-refractivity contribution is 6.38. The van der Waals surface area contributed by atoms with E-state index < -0.39 is 11.5 Å². The summed E-state index contributed by atoms with van der Waals surface area (Å²) in [4.78, 5) is 33.3. The van der Waals surface area contributed by atoms with Crippen LogP contribution in [0.3, 0.4) is 0 Å². The van der Waals surface area contributed by atoms with E-state index in [-0.39, 0.29) is 27.1 Å². The second-order valence-electron chi connectivity index (χ2n) is 6.77. The largest absolute Gasteiger partial charge is 0.497 e. The molecule has 3 aromatic rings. The number of methoxy groups -OCH3 is 1. The number of nitrogens with one attached hydrogen (secondary N) is 2. The molecular weight excluding hydrogens is 455 g/mol. The van der Waals surface area contributed by atoms with Crippen LogP contribution in [-0.2, 0) is 0 Å². The van der Waals surface area contributed by atoms with Crippen molar-refractivity contribution in [1.82, 2.24) is 19.9 Å². The highest BCUT2D eigenvalue weighted by Gasteiger charge is 2.21. The third-order valence-electron chi connectivity index (χ3n) is 4.57. The Hall–Kier alpha value is -3.14. The van der Waals surface area contributed by atoms with Crippen LogP contribution in [-0.4, -0.2) is 40.6 Å². The summed E-state index contributed by atoms with van der Waals surface area (Å²) in [5, 5.41) is 6.06. The molecule has 4 N–H and O–H groups in total. The number of carbonyl (C=O) groups is 1. The number of rotatable bonds is 4. The van der Waals surface area contributed by atoms with Crippen LogP contribution >= 0.6 is 23.2 Å². The fraction of sp³-hybridized carbons (Fsp3) is 0.238. The Kier molecular flexibility index (Phi) is 8.04. The first-order chi connectivity index (χ1) is 15.4. The number of nitrogens with zero attached hydrogens (tertiary/aromatic N) is 3. The molecular formula is C21H22Cl2N6O3. The molecule has 32 heavy (non-hydrogen) atoms. The number of aromatic nitrogens is 3. The summed E-state index contributed by atoms with van der Waals surface area (Å²) in [6, 6.07) is 6.23. The van der Waals surface area contributed by atoms with Crippen LogP contribution in [0.4, 0.5) is 11.5 Å². The number of hydrogen-bond acceptors (Lipinski definition) is 7. The molecule has 3 heterocycles. The summed E-state index contributed by atoms with van der Waals surface area (Å²) in [5.41, 5.74) is 5.25. The lowest BCUT2D eigenvalue weighted by atomic mass is 10.2. The lowest BCUT2D eigenvalue weighted by Gasteiger charge is -2.13. The first kappa shape index (κ1) is 23.5. The molecule has 168 valence electrons. The third-order valence-corrected chi connectivity index (χ3v) is 5.15. The maximum atomic E-state index is 12.9. The minimum Gasteiger partial charge on any atom is -0.497 e. The van der Waals surface area contributed by atoms with Crippen molar-refractivity contribution in [3.63, 3.8) is 0 Å². The van der Waals surface area contributed by atoms with Gasteiger partial charge in [0.1, 0.15) is 23.5 Å². The maximum Gasteiger partial charge on any atom is 0.273 e. The summed E-state index contributed by atoms with van der Waals surface area (Å²) in [6.07, 6.45) is 6.91. The Balaban J connectivity index is 0.000000509. The van der Waals surface area contributed by atoms with Gasteiger partial charge in [0.15, 0.2) is 0 Å². The van der Waals surface area contributed by atoms with Gasteiger partial charge in [-0.15, -0.1) is 0 Å². The number of amides is 1. The van der Waals surface area contributed by atoms with E-state index in [1.165, 1.54) is 51.4 Å². The number of nitrogen functional groups attached to an aromatic ring is 1. The van der Waals surface area contributed by atoms with Crippen LogP contribution in [0.25, 0.3) is 5.69 Å². The molecule has 0 saturated carbocycles. The third kappa shape index (κ3) is 5.56. The summed E-state index contributed by atoms with van der Waals surface area (Å²) in [7, 11) is 1.46. The summed E-state index contributed by atoms with van der Waals surface area (Å²) >= 11 is 12.5. The topological polar surface area (TPSA) is 124 Å². The molecule has 0 aliphatic carbocycles. The van der Waals surface area contributed by atoms with E-state index in [1.807, 2.05) is 0 Å². The zero-order valence-electron chi connectivity index (χ0n) is 17.3. The van der Waals surface area contributed by atoms with Gasteiger partial charge in [0, 0.05) is 18.3 Å². The van der Waals surface area contributed by atoms with Crippen LogP contribution in [0.1, 0.15) is 23.2 Å². The number of pyridine rings is 1. The van der Waals surface area contributed by atoms with Crippen molar-refractivity contribution in [3.05, 3.63) is 68.9 Å². The van der Waals surface area contributed by atoms with Crippen molar-refractivity contribution in [1.29, 1.82) is 0 Å². The molecule has 11 heteroatoms. The van der Waals surface area contributed by atoms with Gasteiger partial charge in [-0.25, -0.2) is 4.98 Å². The van der Waals surface area contributed by atoms with Crippen molar-refractivity contribution in [3.8, 4) is 11.4 Å². The first-order valence-electron chi connectivity index (χ1n) is 9.75. The van der Waals surface area contributed by atoms with Gasteiger partial charge in [-0.2, -0.15) is 0 Å². The van der Waals surface area contributed by atoms with E-state index >= 15 is 0 Å². The number of halogens is 2. The molecule has 2 aromatic heterocycles. The van der Waals surface area contributed by atoms with E-state index in [0.29, 0.717) is 11.4 Å². The van der Waals surface area contributed by atoms with Crippen LogP contribution in [0.5, 0.6) is 5.75 Å². The molecule has 0 spiro atoms. The van der Waals surface area contributed by atoms with Crippen molar-refractivity contribution >= 4 is 40.6 Å². The van der Waals surface area contributed by atoms with E-state index in [4.69, 9.17) is 33.7 Å². The number of ether oxygens (including phenoxy) is 1. The Bertz CT molecular complexity index is 1120. The van der Waals surface area contributed by atoms with Crippen LogP contribution in [0.15, 0.2) is 47.8 Å². The second kappa shape index (κ2) is 10.9. The molecule has 1 aliphatic heterocycles. The molecule has 1 saturated heterocycles. The van der Waals surface area contributed by atoms with Crippen LogP contribution < -0.4 is 26.7 Å². The van der Waals surface area contributed by atoms with Crippen molar-refractivity contribution in [2.75, 3.05) is 31.2 Å². The molecule has 1 aromatic carbocycles. The Morgan fingerprint density at radius 3 is 2.47 bits per heavy atom. The molecule has 1 amide bonds. The zero-order chi connectivity index (χ0) is 23.1. The Morgan fingerprint density at radius 1 is 1.25 bits per heavy atom. The molecule has 0 atom stereocenters. The van der Waals surface area contributed by atoms with Crippen molar-refractivity contribution in [2.24, 2.45) is 0 Å². The molecule has 4 rings (SSSR count). The monoisotopic (exact) mass is 476 g/mol. The fourth-order valence-corrected chi connectivity index (χ4v) is 3.63. The molecule has 1 aliphatic rings. The van der Waals surface area contributed by atoms with Gasteiger partial charge in [-0.3, -0.25) is 19.1 Å². The summed E-state index contributed by atoms with van der Waals surface area (Å²) in [6.45, 7) is 2.50. The first-order valence-corrected chi connectivity index (χ1v) is 10.5. The standard InChI is InChI=1S/C17H13Cl2N5O3.C4H9N/c1-27-10-5-11(18)14(12(19)6-10)24-8-22-15(20)13(17(24)26)16(25)23-9-3-2-4-21-7-9;1-2-4-5-3-1/h2-8H,20H2,1H3,(H,23,25);5H,1-4H2. The minimum absolute atomic E-state index is 0.145.